The van der Waals surface area contributed by atoms with Gasteiger partial charge in [0.1, 0.15) is 0 Å². The van der Waals surface area contributed by atoms with E-state index >= 15 is 0 Å². The molecule has 0 amide bonds. The minimum atomic E-state index is 0.192. The summed E-state index contributed by atoms with van der Waals surface area (Å²) in [6, 6.07) is 24.0. The Morgan fingerprint density at radius 2 is 1.21 bits per heavy atom. The molecule has 0 aliphatic carbocycles. The quantitative estimate of drug-likeness (QED) is 0.546. The molecule has 0 N–H and O–H groups in total. The zero-order valence-electron chi connectivity index (χ0n) is 15.3. The van der Waals surface area contributed by atoms with Crippen molar-refractivity contribution in [1.29, 1.82) is 0 Å². The van der Waals surface area contributed by atoms with Crippen LogP contribution in [0.5, 0.6) is 0 Å². The summed E-state index contributed by atoms with van der Waals surface area (Å²) in [5.74, 6) is 0. The maximum Gasteiger partial charge on any atom is 0.211 e. The van der Waals surface area contributed by atoms with Gasteiger partial charge in [-0.25, -0.2) is 0 Å². The highest BCUT2D eigenvalue weighted by Gasteiger charge is 2.17. The van der Waals surface area contributed by atoms with Crippen LogP contribution in [0.4, 0.5) is 0 Å². The smallest absolute Gasteiger partial charge is 0.162 e. The maximum absolute atomic E-state index is 2.30. The van der Waals surface area contributed by atoms with Crippen molar-refractivity contribution in [1.82, 2.24) is 0 Å². The molecular formula is C23H26N+. The molecule has 0 atom stereocenters. The van der Waals surface area contributed by atoms with Crippen LogP contribution in [0.25, 0.3) is 16.8 Å². The molecule has 2 aromatic carbocycles. The minimum Gasteiger partial charge on any atom is -0.162 e. The summed E-state index contributed by atoms with van der Waals surface area (Å²) < 4.78 is 2.30. The Morgan fingerprint density at radius 1 is 0.667 bits per heavy atom. The summed E-state index contributed by atoms with van der Waals surface area (Å²) in [5.41, 5.74) is 7.81. The second-order valence-electron chi connectivity index (χ2n) is 7.53. The lowest BCUT2D eigenvalue weighted by Crippen LogP contribution is -2.37. The molecule has 0 aliphatic rings. The van der Waals surface area contributed by atoms with Gasteiger partial charge in [0, 0.05) is 38.1 Å². The van der Waals surface area contributed by atoms with Gasteiger partial charge in [-0.15, -0.1) is 0 Å². The summed E-state index contributed by atoms with van der Waals surface area (Å²) in [6.07, 6.45) is 0. The predicted molar refractivity (Wildman–Crippen MR) is 102 cm³/mol. The van der Waals surface area contributed by atoms with E-state index in [0.717, 1.165) is 0 Å². The molecule has 0 saturated carbocycles. The molecule has 24 heavy (non-hydrogen) atoms. The lowest BCUT2D eigenvalue weighted by atomic mass is 9.86. The van der Waals surface area contributed by atoms with Gasteiger partial charge in [-0.2, -0.15) is 4.57 Å². The second-order valence-corrected chi connectivity index (χ2v) is 7.53. The molecule has 0 radical (unpaired) electrons. The minimum absolute atomic E-state index is 0.192. The van der Waals surface area contributed by atoms with Crippen LogP contribution in [0.3, 0.4) is 0 Å². The first-order valence-electron chi connectivity index (χ1n) is 8.56. The normalized spacial score (nSPS) is 11.5. The average molecular weight is 316 g/mol. The first kappa shape index (κ1) is 16.4. The number of rotatable bonds is 2. The average Bonchev–Trinajstić information content (AvgIpc) is 2.54. The molecule has 0 saturated heterocycles. The zero-order chi connectivity index (χ0) is 17.3. The predicted octanol–water partition coefficient (Wildman–Crippen LogP) is 5.54. The Bertz CT molecular complexity index is 814. The number of pyridine rings is 1. The topological polar surface area (TPSA) is 3.88 Å². The van der Waals surface area contributed by atoms with E-state index in [2.05, 4.69) is 106 Å². The van der Waals surface area contributed by atoms with E-state index < -0.39 is 0 Å². The number of benzene rings is 2. The lowest BCUT2D eigenvalue weighted by molar-refractivity contribution is -0.609. The molecule has 122 valence electrons. The number of nitrogens with zero attached hydrogens (tertiary/aromatic N) is 1. The van der Waals surface area contributed by atoms with Gasteiger partial charge in [0.25, 0.3) is 0 Å². The van der Waals surface area contributed by atoms with Crippen molar-refractivity contribution in [3.63, 3.8) is 0 Å². The molecule has 0 aliphatic heterocycles. The van der Waals surface area contributed by atoms with Gasteiger partial charge in [0.05, 0.1) is 0 Å². The van der Waals surface area contributed by atoms with Gasteiger partial charge in [-0.05, 0) is 22.1 Å². The summed E-state index contributed by atoms with van der Waals surface area (Å²) in [5, 5.41) is 0. The molecular weight excluding hydrogens is 290 g/mol. The molecule has 3 aromatic rings. The first-order valence-corrected chi connectivity index (χ1v) is 8.56. The summed E-state index contributed by atoms with van der Waals surface area (Å²) >= 11 is 0. The van der Waals surface area contributed by atoms with E-state index in [1.807, 2.05) is 0 Å². The molecule has 0 bridgehead atoms. The van der Waals surface area contributed by atoms with Crippen molar-refractivity contribution in [2.75, 3.05) is 0 Å². The van der Waals surface area contributed by atoms with Crippen LogP contribution in [0.15, 0.2) is 66.7 Å². The van der Waals surface area contributed by atoms with E-state index in [9.17, 15) is 0 Å². The van der Waals surface area contributed by atoms with E-state index in [1.54, 1.807) is 0 Å². The van der Waals surface area contributed by atoms with Gasteiger partial charge < -0.3 is 0 Å². The number of para-hydroxylation sites is 1. The molecule has 3 rings (SSSR count). The summed E-state index contributed by atoms with van der Waals surface area (Å²) in [7, 11) is 0. The lowest BCUT2D eigenvalue weighted by Gasteiger charge is -2.19. The zero-order valence-corrected chi connectivity index (χ0v) is 15.3. The highest BCUT2D eigenvalue weighted by Crippen LogP contribution is 2.26. The third kappa shape index (κ3) is 3.26. The van der Waals surface area contributed by atoms with Crippen molar-refractivity contribution < 1.29 is 4.57 Å². The van der Waals surface area contributed by atoms with E-state index in [4.69, 9.17) is 0 Å². The van der Waals surface area contributed by atoms with Crippen LogP contribution in [-0.4, -0.2) is 0 Å². The molecule has 0 unspecified atom stereocenters. The third-order valence-electron chi connectivity index (χ3n) is 4.53. The van der Waals surface area contributed by atoms with Crippen LogP contribution in [-0.2, 0) is 5.41 Å². The fourth-order valence-corrected chi connectivity index (χ4v) is 3.21. The van der Waals surface area contributed by atoms with Crippen LogP contribution < -0.4 is 4.57 Å². The maximum atomic E-state index is 2.30. The van der Waals surface area contributed by atoms with Crippen LogP contribution in [0.2, 0.25) is 0 Å². The highest BCUT2D eigenvalue weighted by molar-refractivity contribution is 5.64. The van der Waals surface area contributed by atoms with Crippen molar-refractivity contribution in [2.45, 2.75) is 40.0 Å². The summed E-state index contributed by atoms with van der Waals surface area (Å²) in [4.78, 5) is 0. The molecule has 0 spiro atoms. The Kier molecular flexibility index (Phi) is 4.28. The monoisotopic (exact) mass is 316 g/mol. The van der Waals surface area contributed by atoms with Gasteiger partial charge >= 0.3 is 0 Å². The van der Waals surface area contributed by atoms with E-state index in [0.29, 0.717) is 0 Å². The Balaban J connectivity index is 2.02. The highest BCUT2D eigenvalue weighted by atomic mass is 15.0. The molecule has 1 heterocycles. The van der Waals surface area contributed by atoms with Crippen molar-refractivity contribution >= 4 is 0 Å². The largest absolute Gasteiger partial charge is 0.211 e. The Morgan fingerprint density at radius 3 is 1.71 bits per heavy atom. The van der Waals surface area contributed by atoms with Gasteiger partial charge in [-0.3, -0.25) is 0 Å². The summed E-state index contributed by atoms with van der Waals surface area (Å²) in [6.45, 7) is 11.1. The molecule has 1 aromatic heterocycles. The number of aromatic nitrogens is 1. The standard InChI is InChI=1S/C23H26N/c1-17-15-20(19-11-13-21(14-12-19)23(3,4)5)16-18(2)24(17)22-9-7-6-8-10-22/h6-16H,1-5H3/q+1. The first-order chi connectivity index (χ1) is 11.4. The van der Waals surface area contributed by atoms with Crippen LogP contribution >= 0.6 is 0 Å². The van der Waals surface area contributed by atoms with Crippen molar-refractivity contribution in [2.24, 2.45) is 0 Å². The Labute approximate surface area is 145 Å². The Hall–Kier alpha value is -2.41. The molecule has 1 heteroatoms. The van der Waals surface area contributed by atoms with Gasteiger partial charge in [0.15, 0.2) is 11.4 Å². The van der Waals surface area contributed by atoms with E-state index in [-0.39, 0.29) is 5.41 Å². The van der Waals surface area contributed by atoms with Gasteiger partial charge in [0.2, 0.25) is 5.69 Å². The fraction of sp³-hybridized carbons (Fsp3) is 0.261. The molecule has 1 nitrogen and oxygen atoms in total. The molecule has 0 fully saturated rings. The van der Waals surface area contributed by atoms with Crippen LogP contribution in [0, 0.1) is 13.8 Å². The third-order valence-corrected chi connectivity index (χ3v) is 4.53. The van der Waals surface area contributed by atoms with Crippen LogP contribution in [0.1, 0.15) is 37.7 Å². The number of aryl methyl sites for hydroxylation is 2. The van der Waals surface area contributed by atoms with Crippen molar-refractivity contribution in [3.8, 4) is 16.8 Å². The van der Waals surface area contributed by atoms with E-state index in [1.165, 1.54) is 33.8 Å². The van der Waals surface area contributed by atoms with Gasteiger partial charge in [-0.1, -0.05) is 63.2 Å². The second kappa shape index (κ2) is 6.24. The number of hydrogen-bond acceptors (Lipinski definition) is 0. The number of hydrogen-bond donors (Lipinski definition) is 0. The SMILES string of the molecule is Cc1cc(-c2ccc(C(C)(C)C)cc2)cc(C)[n+]1-c1ccccc1. The van der Waals surface area contributed by atoms with Crippen molar-refractivity contribution in [3.05, 3.63) is 83.7 Å². The fourth-order valence-electron chi connectivity index (χ4n) is 3.21.